The van der Waals surface area contributed by atoms with E-state index in [1.807, 2.05) is 20.9 Å². The lowest BCUT2D eigenvalue weighted by atomic mass is 10.3. The standard InChI is InChI=1S/C11H15F2NS/c1-7(14-3)8(2)15-11-6-9(12)4-5-10(11)13/h4-8,14H,1-3H3. The molecule has 1 nitrogen and oxygen atoms in total. The topological polar surface area (TPSA) is 12.0 Å². The molecule has 0 amide bonds. The van der Waals surface area contributed by atoms with Gasteiger partial charge in [-0.25, -0.2) is 8.78 Å². The molecule has 0 aliphatic rings. The number of halogens is 2. The Kier molecular flexibility index (Phi) is 4.54. The van der Waals surface area contributed by atoms with Gasteiger partial charge in [0, 0.05) is 16.2 Å². The van der Waals surface area contributed by atoms with Crippen LogP contribution in [0.5, 0.6) is 0 Å². The van der Waals surface area contributed by atoms with E-state index in [9.17, 15) is 8.78 Å². The minimum atomic E-state index is -0.400. The Morgan fingerprint density at radius 2 is 1.93 bits per heavy atom. The lowest BCUT2D eigenvalue weighted by Gasteiger charge is -2.18. The zero-order valence-electron chi connectivity index (χ0n) is 9.05. The maximum absolute atomic E-state index is 13.3. The quantitative estimate of drug-likeness (QED) is 0.799. The Bertz CT molecular complexity index is 330. The van der Waals surface area contributed by atoms with E-state index in [0.29, 0.717) is 4.90 Å². The van der Waals surface area contributed by atoms with Crippen molar-refractivity contribution in [1.82, 2.24) is 5.32 Å². The monoisotopic (exact) mass is 231 g/mol. The van der Waals surface area contributed by atoms with Crippen molar-refractivity contribution in [3.8, 4) is 0 Å². The number of nitrogens with one attached hydrogen (secondary N) is 1. The predicted molar refractivity (Wildman–Crippen MR) is 60.2 cm³/mol. The van der Waals surface area contributed by atoms with Crippen LogP contribution in [0.2, 0.25) is 0 Å². The molecule has 2 unspecified atom stereocenters. The van der Waals surface area contributed by atoms with Gasteiger partial charge in [0.2, 0.25) is 0 Å². The first-order chi connectivity index (χ1) is 7.04. The molecule has 1 aromatic rings. The van der Waals surface area contributed by atoms with Crippen LogP contribution in [0.4, 0.5) is 8.78 Å². The summed E-state index contributed by atoms with van der Waals surface area (Å²) in [7, 11) is 1.85. The highest BCUT2D eigenvalue weighted by molar-refractivity contribution is 8.00. The van der Waals surface area contributed by atoms with Crippen molar-refractivity contribution in [1.29, 1.82) is 0 Å². The molecule has 0 aliphatic carbocycles. The Balaban J connectivity index is 2.75. The van der Waals surface area contributed by atoms with Crippen molar-refractivity contribution in [2.75, 3.05) is 7.05 Å². The van der Waals surface area contributed by atoms with Crippen molar-refractivity contribution in [3.63, 3.8) is 0 Å². The molecule has 0 aromatic heterocycles. The lowest BCUT2D eigenvalue weighted by Crippen LogP contribution is -2.30. The fourth-order valence-electron chi connectivity index (χ4n) is 1.10. The van der Waals surface area contributed by atoms with Crippen LogP contribution in [0, 0.1) is 11.6 Å². The third kappa shape index (κ3) is 3.47. The van der Waals surface area contributed by atoms with Gasteiger partial charge in [0.25, 0.3) is 0 Å². The third-order valence-electron chi connectivity index (χ3n) is 2.37. The summed E-state index contributed by atoms with van der Waals surface area (Å²) in [5.41, 5.74) is 0. The van der Waals surface area contributed by atoms with Crippen LogP contribution in [0.1, 0.15) is 13.8 Å². The first-order valence-corrected chi connectivity index (χ1v) is 5.71. The minimum Gasteiger partial charge on any atom is -0.316 e. The fraction of sp³-hybridized carbons (Fsp3) is 0.455. The van der Waals surface area contributed by atoms with Crippen LogP contribution < -0.4 is 5.32 Å². The van der Waals surface area contributed by atoms with Crippen LogP contribution in [-0.2, 0) is 0 Å². The number of benzene rings is 1. The highest BCUT2D eigenvalue weighted by Gasteiger charge is 2.14. The SMILES string of the molecule is CNC(C)C(C)Sc1cc(F)ccc1F. The van der Waals surface area contributed by atoms with Gasteiger partial charge < -0.3 is 5.32 Å². The van der Waals surface area contributed by atoms with Crippen LogP contribution >= 0.6 is 11.8 Å². The Hall–Kier alpha value is -0.610. The molecule has 1 N–H and O–H groups in total. The second-order valence-corrected chi connectivity index (χ2v) is 4.89. The van der Waals surface area contributed by atoms with E-state index in [2.05, 4.69) is 5.32 Å². The van der Waals surface area contributed by atoms with E-state index in [0.717, 1.165) is 12.1 Å². The maximum Gasteiger partial charge on any atom is 0.136 e. The molecule has 0 saturated heterocycles. The summed E-state index contributed by atoms with van der Waals surface area (Å²) in [6.07, 6.45) is 0. The predicted octanol–water partition coefficient (Wildman–Crippen LogP) is 3.05. The molecular weight excluding hydrogens is 216 g/mol. The lowest BCUT2D eigenvalue weighted by molar-refractivity contribution is 0.573. The molecule has 84 valence electrons. The van der Waals surface area contributed by atoms with Gasteiger partial charge in [-0.2, -0.15) is 0 Å². The van der Waals surface area contributed by atoms with Crippen LogP contribution in [0.15, 0.2) is 23.1 Å². The molecule has 15 heavy (non-hydrogen) atoms. The molecule has 1 rings (SSSR count). The van der Waals surface area contributed by atoms with Crippen molar-refractivity contribution < 1.29 is 8.78 Å². The molecule has 4 heteroatoms. The summed E-state index contributed by atoms with van der Waals surface area (Å²) in [5.74, 6) is -0.764. The number of thioether (sulfide) groups is 1. The summed E-state index contributed by atoms with van der Waals surface area (Å²) in [6.45, 7) is 3.99. The summed E-state index contributed by atoms with van der Waals surface area (Å²) in [5, 5.41) is 3.27. The molecule has 0 radical (unpaired) electrons. The van der Waals surface area contributed by atoms with Crippen molar-refractivity contribution in [3.05, 3.63) is 29.8 Å². The highest BCUT2D eigenvalue weighted by atomic mass is 32.2. The van der Waals surface area contributed by atoms with E-state index in [1.54, 1.807) is 0 Å². The van der Waals surface area contributed by atoms with Gasteiger partial charge in [-0.1, -0.05) is 6.92 Å². The molecule has 0 spiro atoms. The summed E-state index contributed by atoms with van der Waals surface area (Å²) in [4.78, 5) is 0.365. The van der Waals surface area contributed by atoms with Crippen LogP contribution in [0.3, 0.4) is 0 Å². The van der Waals surface area contributed by atoms with Gasteiger partial charge in [-0.15, -0.1) is 11.8 Å². The highest BCUT2D eigenvalue weighted by Crippen LogP contribution is 2.28. The normalized spacial score (nSPS) is 15.0. The average Bonchev–Trinajstić information content (AvgIpc) is 2.22. The fourth-order valence-corrected chi connectivity index (χ4v) is 2.21. The van der Waals surface area contributed by atoms with E-state index in [4.69, 9.17) is 0 Å². The van der Waals surface area contributed by atoms with E-state index in [-0.39, 0.29) is 17.1 Å². The Labute approximate surface area is 93.3 Å². The molecule has 2 atom stereocenters. The van der Waals surface area contributed by atoms with Crippen molar-refractivity contribution in [2.45, 2.75) is 30.0 Å². The van der Waals surface area contributed by atoms with Crippen molar-refractivity contribution >= 4 is 11.8 Å². The molecule has 0 heterocycles. The Morgan fingerprint density at radius 3 is 2.53 bits per heavy atom. The zero-order valence-corrected chi connectivity index (χ0v) is 9.87. The van der Waals surface area contributed by atoms with E-state index >= 15 is 0 Å². The number of hydrogen-bond acceptors (Lipinski definition) is 2. The van der Waals surface area contributed by atoms with Gasteiger partial charge >= 0.3 is 0 Å². The summed E-state index contributed by atoms with van der Waals surface area (Å²) in [6, 6.07) is 3.77. The van der Waals surface area contributed by atoms with Gasteiger partial charge in [-0.05, 0) is 32.2 Å². The smallest absolute Gasteiger partial charge is 0.136 e. The minimum absolute atomic E-state index is 0.186. The molecule has 0 aliphatic heterocycles. The summed E-state index contributed by atoms with van der Waals surface area (Å²) >= 11 is 1.34. The van der Waals surface area contributed by atoms with Gasteiger partial charge in [-0.3, -0.25) is 0 Å². The average molecular weight is 231 g/mol. The van der Waals surface area contributed by atoms with Crippen molar-refractivity contribution in [2.24, 2.45) is 0 Å². The van der Waals surface area contributed by atoms with E-state index < -0.39 is 5.82 Å². The second kappa shape index (κ2) is 5.47. The molecule has 0 bridgehead atoms. The van der Waals surface area contributed by atoms with E-state index in [1.165, 1.54) is 17.8 Å². The largest absolute Gasteiger partial charge is 0.316 e. The van der Waals surface area contributed by atoms with Crippen LogP contribution in [-0.4, -0.2) is 18.3 Å². The molecule has 0 fully saturated rings. The van der Waals surface area contributed by atoms with Gasteiger partial charge in [0.1, 0.15) is 11.6 Å². The third-order valence-corrected chi connectivity index (χ3v) is 3.71. The van der Waals surface area contributed by atoms with Gasteiger partial charge in [0.05, 0.1) is 0 Å². The van der Waals surface area contributed by atoms with Gasteiger partial charge in [0.15, 0.2) is 0 Å². The first-order valence-electron chi connectivity index (χ1n) is 4.83. The second-order valence-electron chi connectivity index (χ2n) is 3.48. The van der Waals surface area contributed by atoms with Crippen LogP contribution in [0.25, 0.3) is 0 Å². The number of rotatable bonds is 4. The maximum atomic E-state index is 13.3. The first kappa shape index (κ1) is 12.5. The molecular formula is C11H15F2NS. The molecule has 1 aromatic carbocycles. The summed E-state index contributed by atoms with van der Waals surface area (Å²) < 4.78 is 26.2. The number of hydrogen-bond donors (Lipinski definition) is 1. The Morgan fingerprint density at radius 1 is 1.27 bits per heavy atom. The molecule has 0 saturated carbocycles. The zero-order chi connectivity index (χ0) is 11.4.